The Morgan fingerprint density at radius 1 is 0.682 bits per heavy atom. The van der Waals surface area contributed by atoms with Crippen LogP contribution in [0.25, 0.3) is 0 Å². The van der Waals surface area contributed by atoms with Crippen LogP contribution in [-0.4, -0.2) is 7.38 Å². The van der Waals surface area contributed by atoms with Gasteiger partial charge in [0.05, 0.1) is 0 Å². The molecule has 110 valence electrons. The molecule has 0 unspecified atom stereocenters. The first-order valence-electron chi connectivity index (χ1n) is 7.50. The van der Waals surface area contributed by atoms with Crippen LogP contribution in [0.5, 0.6) is 0 Å². The van der Waals surface area contributed by atoms with E-state index in [0.29, 0.717) is 0 Å². The highest BCUT2D eigenvalue weighted by molar-refractivity contribution is 7.40. The van der Waals surface area contributed by atoms with E-state index in [2.05, 4.69) is 80.6 Å². The highest BCUT2D eigenvalue weighted by atomic mass is 35.6. The van der Waals surface area contributed by atoms with Gasteiger partial charge >= 0.3 is 0 Å². The maximum Gasteiger partial charge on any atom is 0.248 e. The SMILES string of the molecule is Cc1ccc(C)c([Si](Cl)(c2ccccc2)c2ccccc2)c1. The summed E-state index contributed by atoms with van der Waals surface area (Å²) in [6, 6.07) is 27.6. The first-order chi connectivity index (χ1) is 10.6. The summed E-state index contributed by atoms with van der Waals surface area (Å²) in [6.45, 7) is 4.29. The van der Waals surface area contributed by atoms with Crippen molar-refractivity contribution >= 4 is 34.0 Å². The van der Waals surface area contributed by atoms with E-state index in [0.717, 1.165) is 0 Å². The lowest BCUT2D eigenvalue weighted by Crippen LogP contribution is -2.63. The zero-order valence-electron chi connectivity index (χ0n) is 12.9. The fourth-order valence-electron chi connectivity index (χ4n) is 2.92. The molecule has 3 rings (SSSR count). The third-order valence-corrected chi connectivity index (χ3v) is 9.57. The molecular weight excluding hydrogens is 304 g/mol. The van der Waals surface area contributed by atoms with Crippen LogP contribution in [-0.2, 0) is 0 Å². The molecule has 0 amide bonds. The molecule has 0 aromatic heterocycles. The van der Waals surface area contributed by atoms with E-state index < -0.39 is 7.38 Å². The average Bonchev–Trinajstić information content (AvgIpc) is 2.58. The molecule has 0 saturated heterocycles. The molecule has 0 atom stereocenters. The van der Waals surface area contributed by atoms with Gasteiger partial charge in [-0.25, -0.2) is 0 Å². The molecule has 2 heteroatoms. The third-order valence-electron chi connectivity index (χ3n) is 4.11. The molecule has 22 heavy (non-hydrogen) atoms. The summed E-state index contributed by atoms with van der Waals surface area (Å²) in [7, 11) is -2.48. The van der Waals surface area contributed by atoms with Crippen LogP contribution in [0.2, 0.25) is 0 Å². The number of hydrogen-bond acceptors (Lipinski definition) is 0. The number of benzene rings is 3. The first kappa shape index (κ1) is 15.1. The largest absolute Gasteiger partial charge is 0.248 e. The topological polar surface area (TPSA) is 0 Å². The predicted octanol–water partition coefficient (Wildman–Crippen LogP) is 3.51. The van der Waals surface area contributed by atoms with Gasteiger partial charge in [-0.1, -0.05) is 84.4 Å². The normalized spacial score (nSPS) is 11.4. The molecule has 3 aromatic rings. The van der Waals surface area contributed by atoms with Crippen LogP contribution < -0.4 is 15.6 Å². The van der Waals surface area contributed by atoms with Crippen LogP contribution in [0.15, 0.2) is 78.9 Å². The Hall–Kier alpha value is -1.83. The summed E-state index contributed by atoms with van der Waals surface area (Å²) in [6.07, 6.45) is 0. The molecule has 0 nitrogen and oxygen atoms in total. The van der Waals surface area contributed by atoms with Crippen molar-refractivity contribution in [1.82, 2.24) is 0 Å². The molecule has 0 aliphatic carbocycles. The summed E-state index contributed by atoms with van der Waals surface area (Å²) in [5.74, 6) is 0. The second-order valence-electron chi connectivity index (χ2n) is 5.71. The van der Waals surface area contributed by atoms with E-state index in [9.17, 15) is 0 Å². The molecular formula is C20H19ClSi. The molecule has 0 heterocycles. The van der Waals surface area contributed by atoms with Crippen LogP contribution in [0.4, 0.5) is 0 Å². The zero-order valence-corrected chi connectivity index (χ0v) is 14.6. The Bertz CT molecular complexity index is 727. The molecule has 3 aromatic carbocycles. The predicted molar refractivity (Wildman–Crippen MR) is 99.3 cm³/mol. The van der Waals surface area contributed by atoms with Crippen molar-refractivity contribution in [3.05, 3.63) is 90.0 Å². The highest BCUT2D eigenvalue weighted by Crippen LogP contribution is 2.15. The Morgan fingerprint density at radius 3 is 1.68 bits per heavy atom. The molecule has 0 bridgehead atoms. The Morgan fingerprint density at radius 2 is 1.18 bits per heavy atom. The van der Waals surface area contributed by atoms with Gasteiger partial charge in [0.25, 0.3) is 0 Å². The lowest BCUT2D eigenvalue weighted by atomic mass is 10.2. The molecule has 0 aliphatic rings. The summed E-state index contributed by atoms with van der Waals surface area (Å²) in [5, 5.41) is 3.75. The van der Waals surface area contributed by atoms with Gasteiger partial charge in [-0.15, -0.1) is 11.1 Å². The van der Waals surface area contributed by atoms with E-state index in [1.54, 1.807) is 0 Å². The minimum absolute atomic E-state index is 1.23. The maximum atomic E-state index is 7.43. The van der Waals surface area contributed by atoms with Crippen molar-refractivity contribution in [2.24, 2.45) is 0 Å². The van der Waals surface area contributed by atoms with Crippen LogP contribution in [0, 0.1) is 13.8 Å². The fourth-order valence-corrected chi connectivity index (χ4v) is 7.60. The number of rotatable bonds is 3. The van der Waals surface area contributed by atoms with Crippen molar-refractivity contribution in [3.8, 4) is 0 Å². The van der Waals surface area contributed by atoms with Gasteiger partial charge in [0.15, 0.2) is 0 Å². The van der Waals surface area contributed by atoms with E-state index >= 15 is 0 Å². The monoisotopic (exact) mass is 322 g/mol. The van der Waals surface area contributed by atoms with Gasteiger partial charge in [-0.05, 0) is 35.0 Å². The van der Waals surface area contributed by atoms with Gasteiger partial charge in [-0.2, -0.15) is 0 Å². The van der Waals surface area contributed by atoms with Gasteiger partial charge in [0.1, 0.15) is 0 Å². The van der Waals surface area contributed by atoms with Crippen molar-refractivity contribution in [3.63, 3.8) is 0 Å². The van der Waals surface area contributed by atoms with Crippen LogP contribution in [0.3, 0.4) is 0 Å². The Kier molecular flexibility index (Phi) is 4.19. The van der Waals surface area contributed by atoms with Crippen LogP contribution in [0.1, 0.15) is 11.1 Å². The molecule has 0 fully saturated rings. The number of hydrogen-bond donors (Lipinski definition) is 0. The zero-order chi connectivity index (χ0) is 15.6. The maximum absolute atomic E-state index is 7.43. The van der Waals surface area contributed by atoms with Gasteiger partial charge in [0.2, 0.25) is 7.38 Å². The Labute approximate surface area is 138 Å². The second-order valence-corrected chi connectivity index (χ2v) is 10.4. The molecule has 0 N–H and O–H groups in total. The Balaban J connectivity index is 2.31. The number of aryl methyl sites for hydroxylation is 2. The molecule has 0 radical (unpaired) electrons. The first-order valence-corrected chi connectivity index (χ1v) is 10.5. The molecule has 0 aliphatic heterocycles. The van der Waals surface area contributed by atoms with Crippen molar-refractivity contribution < 1.29 is 0 Å². The summed E-state index contributed by atoms with van der Waals surface area (Å²) < 4.78 is 0. The van der Waals surface area contributed by atoms with E-state index in [4.69, 9.17) is 11.1 Å². The molecule has 0 saturated carbocycles. The lowest BCUT2D eigenvalue weighted by Gasteiger charge is -2.28. The van der Waals surface area contributed by atoms with E-state index in [1.807, 2.05) is 12.1 Å². The van der Waals surface area contributed by atoms with Crippen molar-refractivity contribution in [1.29, 1.82) is 0 Å². The van der Waals surface area contributed by atoms with Crippen molar-refractivity contribution in [2.75, 3.05) is 0 Å². The fraction of sp³-hybridized carbons (Fsp3) is 0.100. The summed E-state index contributed by atoms with van der Waals surface area (Å²) in [4.78, 5) is 0. The quantitative estimate of drug-likeness (QED) is 0.393. The lowest BCUT2D eigenvalue weighted by molar-refractivity contribution is 1.42. The van der Waals surface area contributed by atoms with Gasteiger partial charge in [-0.3, -0.25) is 0 Å². The number of halogens is 1. The van der Waals surface area contributed by atoms with Crippen LogP contribution >= 0.6 is 11.1 Å². The van der Waals surface area contributed by atoms with Gasteiger partial charge < -0.3 is 0 Å². The smallest absolute Gasteiger partial charge is 0.149 e. The van der Waals surface area contributed by atoms with E-state index in [1.165, 1.54) is 26.7 Å². The minimum Gasteiger partial charge on any atom is -0.149 e. The summed E-state index contributed by atoms with van der Waals surface area (Å²) >= 11 is 7.43. The van der Waals surface area contributed by atoms with E-state index in [-0.39, 0.29) is 0 Å². The average molecular weight is 323 g/mol. The minimum atomic E-state index is -2.48. The standard InChI is InChI=1S/C20H19ClSi/c1-16-13-14-17(2)20(15-16)22(21,18-9-5-3-6-10-18)19-11-7-4-8-12-19/h3-15H,1-2H3. The third kappa shape index (κ3) is 2.62. The van der Waals surface area contributed by atoms with Gasteiger partial charge in [0, 0.05) is 0 Å². The second kappa shape index (κ2) is 6.11. The summed E-state index contributed by atoms with van der Waals surface area (Å²) in [5.41, 5.74) is 2.52. The van der Waals surface area contributed by atoms with Crippen molar-refractivity contribution in [2.45, 2.75) is 13.8 Å². The highest BCUT2D eigenvalue weighted by Gasteiger charge is 2.38. The molecule has 0 spiro atoms.